The number of hydrogen-bond donors (Lipinski definition) is 1. The number of thiophene rings is 1. The summed E-state index contributed by atoms with van der Waals surface area (Å²) in [6, 6.07) is 22.9. The molecule has 3 heterocycles. The first-order chi connectivity index (χ1) is 14.7. The van der Waals surface area contributed by atoms with Crippen LogP contribution in [0.25, 0.3) is 27.6 Å². The largest absolute Gasteiger partial charge is 0.322 e. The maximum atomic E-state index is 12.6. The van der Waals surface area contributed by atoms with Gasteiger partial charge in [0.1, 0.15) is 0 Å². The second-order valence-corrected chi connectivity index (χ2v) is 8.61. The number of carbonyl (C=O) groups is 1. The first-order valence-electron chi connectivity index (χ1n) is 9.12. The quantitative estimate of drug-likeness (QED) is 0.322. The highest BCUT2D eigenvalue weighted by Gasteiger charge is 2.13. The lowest BCUT2D eigenvalue weighted by Crippen LogP contribution is -2.13. The highest BCUT2D eigenvalue weighted by atomic mass is 127. The molecule has 1 amide bonds. The summed E-state index contributed by atoms with van der Waals surface area (Å²) in [5.74, 6) is 0.573. The van der Waals surface area contributed by atoms with Crippen LogP contribution >= 0.6 is 33.9 Å². The van der Waals surface area contributed by atoms with Crippen molar-refractivity contribution >= 4 is 51.2 Å². The van der Waals surface area contributed by atoms with Gasteiger partial charge in [0.05, 0.1) is 16.1 Å². The van der Waals surface area contributed by atoms with Gasteiger partial charge in [0.15, 0.2) is 11.5 Å². The van der Waals surface area contributed by atoms with Crippen LogP contribution in [-0.2, 0) is 0 Å². The summed E-state index contributed by atoms with van der Waals surface area (Å²) in [4.78, 5) is 13.7. The van der Waals surface area contributed by atoms with Crippen LogP contribution in [0.3, 0.4) is 0 Å². The number of fused-ring (bicyclic) bond motifs is 1. The minimum absolute atomic E-state index is 0.139. The molecule has 0 radical (unpaired) electrons. The lowest BCUT2D eigenvalue weighted by molar-refractivity contribution is 0.102. The predicted molar refractivity (Wildman–Crippen MR) is 127 cm³/mol. The predicted octanol–water partition coefficient (Wildman–Crippen LogP) is 5.38. The maximum Gasteiger partial charge on any atom is 0.256 e. The number of anilines is 1. The second kappa shape index (κ2) is 7.96. The molecule has 2 aromatic carbocycles. The van der Waals surface area contributed by atoms with Crippen molar-refractivity contribution in [1.29, 1.82) is 0 Å². The molecule has 1 N–H and O–H groups in total. The van der Waals surface area contributed by atoms with Crippen LogP contribution in [0.4, 0.5) is 5.69 Å². The van der Waals surface area contributed by atoms with Crippen molar-refractivity contribution in [2.75, 3.05) is 5.32 Å². The van der Waals surface area contributed by atoms with E-state index in [2.05, 4.69) is 38.1 Å². The van der Waals surface area contributed by atoms with Gasteiger partial charge < -0.3 is 5.32 Å². The van der Waals surface area contributed by atoms with Crippen molar-refractivity contribution in [3.8, 4) is 22.0 Å². The Hall–Kier alpha value is -3.11. The number of nitrogens with zero attached hydrogens (tertiary/aromatic N) is 4. The van der Waals surface area contributed by atoms with Gasteiger partial charge in [-0.3, -0.25) is 4.79 Å². The van der Waals surface area contributed by atoms with Crippen molar-refractivity contribution < 1.29 is 4.79 Å². The minimum Gasteiger partial charge on any atom is -0.322 e. The molecule has 6 nitrogen and oxygen atoms in total. The number of rotatable bonds is 4. The van der Waals surface area contributed by atoms with E-state index in [9.17, 15) is 4.79 Å². The van der Waals surface area contributed by atoms with Crippen molar-refractivity contribution in [2.45, 2.75) is 0 Å². The molecule has 0 atom stereocenters. The molecule has 0 aliphatic carbocycles. The number of halogens is 1. The zero-order valence-electron chi connectivity index (χ0n) is 15.5. The summed E-state index contributed by atoms with van der Waals surface area (Å²) in [5, 5.41) is 18.2. The number of carbonyl (C=O) groups excluding carboxylic acids is 1. The Morgan fingerprint density at radius 2 is 1.87 bits per heavy atom. The topological polar surface area (TPSA) is 72.2 Å². The standard InChI is InChI=1S/C22H14IN5OS/c23-17-8-2-1-7-16(17)22(29)24-15-6-3-5-14(13-15)18-10-11-20-25-26-21(28(20)27-18)19-9-4-12-30-19/h1-13H,(H,24,29). The number of hydrogen-bond acceptors (Lipinski definition) is 5. The van der Waals surface area contributed by atoms with Crippen LogP contribution in [0.15, 0.2) is 78.2 Å². The molecule has 3 aromatic heterocycles. The van der Waals surface area contributed by atoms with Crippen molar-refractivity contribution in [2.24, 2.45) is 0 Å². The molecule has 0 aliphatic heterocycles. The molecule has 0 unspecified atom stereocenters. The fourth-order valence-corrected chi connectivity index (χ4v) is 4.43. The van der Waals surface area contributed by atoms with Gasteiger partial charge in [-0.25, -0.2) is 0 Å². The van der Waals surface area contributed by atoms with E-state index < -0.39 is 0 Å². The molecule has 0 saturated heterocycles. The lowest BCUT2D eigenvalue weighted by Gasteiger charge is -2.09. The van der Waals surface area contributed by atoms with E-state index in [0.29, 0.717) is 22.7 Å². The molecular formula is C22H14IN5OS. The fraction of sp³-hybridized carbons (Fsp3) is 0. The third-order valence-electron chi connectivity index (χ3n) is 4.54. The molecule has 146 valence electrons. The number of benzene rings is 2. The zero-order chi connectivity index (χ0) is 20.5. The molecule has 0 fully saturated rings. The van der Waals surface area contributed by atoms with Crippen LogP contribution in [0.1, 0.15) is 10.4 Å². The van der Waals surface area contributed by atoms with E-state index in [0.717, 1.165) is 19.7 Å². The Kier molecular flexibility index (Phi) is 5.01. The number of nitrogens with one attached hydrogen (secondary N) is 1. The Balaban J connectivity index is 1.48. The Labute approximate surface area is 189 Å². The van der Waals surface area contributed by atoms with E-state index in [1.54, 1.807) is 15.9 Å². The van der Waals surface area contributed by atoms with E-state index >= 15 is 0 Å². The number of amides is 1. The van der Waals surface area contributed by atoms with Crippen LogP contribution < -0.4 is 5.32 Å². The monoisotopic (exact) mass is 523 g/mol. The molecule has 0 bridgehead atoms. The van der Waals surface area contributed by atoms with Gasteiger partial charge in [0.25, 0.3) is 5.91 Å². The molecule has 5 rings (SSSR count). The minimum atomic E-state index is -0.139. The molecule has 30 heavy (non-hydrogen) atoms. The van der Waals surface area contributed by atoms with E-state index in [-0.39, 0.29) is 5.91 Å². The van der Waals surface area contributed by atoms with E-state index in [4.69, 9.17) is 5.10 Å². The zero-order valence-corrected chi connectivity index (χ0v) is 18.5. The molecule has 5 aromatic rings. The fourth-order valence-electron chi connectivity index (χ4n) is 3.10. The Morgan fingerprint density at radius 3 is 2.70 bits per heavy atom. The van der Waals surface area contributed by atoms with Gasteiger partial charge in [0, 0.05) is 14.8 Å². The smallest absolute Gasteiger partial charge is 0.256 e. The average molecular weight is 523 g/mol. The van der Waals surface area contributed by atoms with Gasteiger partial charge in [-0.1, -0.05) is 30.3 Å². The normalized spacial score (nSPS) is 11.0. The van der Waals surface area contributed by atoms with Gasteiger partial charge in [-0.2, -0.15) is 9.61 Å². The van der Waals surface area contributed by atoms with Crippen LogP contribution in [0, 0.1) is 3.57 Å². The van der Waals surface area contributed by atoms with Gasteiger partial charge in [-0.05, 0) is 70.4 Å². The third kappa shape index (κ3) is 3.59. The number of aromatic nitrogens is 4. The highest BCUT2D eigenvalue weighted by Crippen LogP contribution is 2.26. The van der Waals surface area contributed by atoms with Gasteiger partial charge in [-0.15, -0.1) is 21.5 Å². The average Bonchev–Trinajstić information content (AvgIpc) is 3.43. The van der Waals surface area contributed by atoms with Crippen molar-refractivity contribution in [3.63, 3.8) is 0 Å². The molecular weight excluding hydrogens is 509 g/mol. The van der Waals surface area contributed by atoms with Crippen molar-refractivity contribution in [1.82, 2.24) is 19.8 Å². The first-order valence-corrected chi connectivity index (χ1v) is 11.1. The van der Waals surface area contributed by atoms with Crippen LogP contribution in [0.2, 0.25) is 0 Å². The lowest BCUT2D eigenvalue weighted by atomic mass is 10.1. The summed E-state index contributed by atoms with van der Waals surface area (Å²) in [6.07, 6.45) is 0. The summed E-state index contributed by atoms with van der Waals surface area (Å²) in [6.45, 7) is 0. The highest BCUT2D eigenvalue weighted by molar-refractivity contribution is 14.1. The molecule has 0 aliphatic rings. The summed E-state index contributed by atoms with van der Waals surface area (Å²) in [5.41, 5.74) is 3.70. The molecule has 0 saturated carbocycles. The third-order valence-corrected chi connectivity index (χ3v) is 6.35. The summed E-state index contributed by atoms with van der Waals surface area (Å²) >= 11 is 3.76. The molecule has 8 heteroatoms. The van der Waals surface area contributed by atoms with E-state index in [1.165, 1.54) is 0 Å². The maximum absolute atomic E-state index is 12.6. The van der Waals surface area contributed by atoms with Crippen molar-refractivity contribution in [3.05, 3.63) is 87.3 Å². The second-order valence-electron chi connectivity index (χ2n) is 6.50. The SMILES string of the molecule is O=C(Nc1cccc(-c2ccc3nnc(-c4cccs4)n3n2)c1)c1ccccc1I. The Bertz CT molecular complexity index is 1360. The first kappa shape index (κ1) is 18.9. The van der Waals surface area contributed by atoms with Crippen LogP contribution in [0.5, 0.6) is 0 Å². The Morgan fingerprint density at radius 1 is 0.967 bits per heavy atom. The van der Waals surface area contributed by atoms with E-state index in [1.807, 2.05) is 78.2 Å². The van der Waals surface area contributed by atoms with Gasteiger partial charge >= 0.3 is 0 Å². The van der Waals surface area contributed by atoms with Crippen LogP contribution in [-0.4, -0.2) is 25.7 Å². The molecule has 0 spiro atoms. The summed E-state index contributed by atoms with van der Waals surface area (Å²) in [7, 11) is 0. The summed E-state index contributed by atoms with van der Waals surface area (Å²) < 4.78 is 2.66. The van der Waals surface area contributed by atoms with Gasteiger partial charge in [0.2, 0.25) is 0 Å².